The molecule has 6 nitrogen and oxygen atoms in total. The maximum absolute atomic E-state index is 12.9. The first-order valence-corrected chi connectivity index (χ1v) is 11.0. The van der Waals surface area contributed by atoms with Crippen LogP contribution >= 0.6 is 23.2 Å². The second kappa shape index (κ2) is 9.73. The zero-order chi connectivity index (χ0) is 20.9. The normalized spacial score (nSPS) is 15.5. The highest BCUT2D eigenvalue weighted by molar-refractivity contribution is 7.89. The van der Waals surface area contributed by atoms with Gasteiger partial charge in [-0.25, -0.2) is 13.2 Å². The number of carbonyl (C=O) groups excluding carboxylic acids is 1. The van der Waals surface area contributed by atoms with Crippen LogP contribution in [-0.2, 0) is 19.5 Å². The molecule has 3 rings (SSSR count). The summed E-state index contributed by atoms with van der Waals surface area (Å²) in [6, 6.07) is 11.9. The SMILES string of the molecule is O=C(OC/C=C/c1ccccc1)c1cc(S(=O)(=O)N2CCOCC2)c(Cl)cc1Cl. The molecule has 0 spiro atoms. The van der Waals surface area contributed by atoms with Gasteiger partial charge in [0.2, 0.25) is 10.0 Å². The van der Waals surface area contributed by atoms with Gasteiger partial charge in [0.05, 0.1) is 28.8 Å². The summed E-state index contributed by atoms with van der Waals surface area (Å²) in [4.78, 5) is 12.2. The van der Waals surface area contributed by atoms with E-state index in [1.165, 1.54) is 16.4 Å². The Morgan fingerprint density at radius 2 is 1.79 bits per heavy atom. The Bertz CT molecular complexity index is 1000. The van der Waals surface area contributed by atoms with Crippen molar-refractivity contribution in [1.29, 1.82) is 0 Å². The molecule has 0 radical (unpaired) electrons. The third kappa shape index (κ3) is 5.38. The lowest BCUT2D eigenvalue weighted by molar-refractivity contribution is 0.0550. The quantitative estimate of drug-likeness (QED) is 0.617. The largest absolute Gasteiger partial charge is 0.458 e. The van der Waals surface area contributed by atoms with E-state index in [4.69, 9.17) is 32.7 Å². The Balaban J connectivity index is 1.76. The Morgan fingerprint density at radius 1 is 1.10 bits per heavy atom. The molecule has 0 amide bonds. The minimum absolute atomic E-state index is 0.0121. The Hall–Kier alpha value is -1.90. The fraction of sp³-hybridized carbons (Fsp3) is 0.250. The van der Waals surface area contributed by atoms with Crippen LogP contribution in [0.5, 0.6) is 0 Å². The number of rotatable bonds is 6. The highest BCUT2D eigenvalue weighted by Crippen LogP contribution is 2.31. The van der Waals surface area contributed by atoms with Crippen molar-refractivity contribution >= 4 is 45.3 Å². The average molecular weight is 456 g/mol. The Kier molecular flexibility index (Phi) is 7.32. The van der Waals surface area contributed by atoms with Gasteiger partial charge in [0.25, 0.3) is 0 Å². The standard InChI is InChI=1S/C20H19Cl2NO5S/c21-17-14-18(22)19(29(25,26)23-8-11-27-12-9-23)13-16(17)20(24)28-10-4-7-15-5-2-1-3-6-15/h1-7,13-14H,8-12H2/b7-4+. The molecule has 0 aliphatic carbocycles. The number of hydrogen-bond donors (Lipinski definition) is 0. The third-order valence-electron chi connectivity index (χ3n) is 4.25. The van der Waals surface area contributed by atoms with Crippen LogP contribution in [0.25, 0.3) is 6.08 Å². The lowest BCUT2D eigenvalue weighted by Crippen LogP contribution is -2.40. The van der Waals surface area contributed by atoms with Gasteiger partial charge in [-0.2, -0.15) is 4.31 Å². The van der Waals surface area contributed by atoms with E-state index in [0.717, 1.165) is 5.56 Å². The second-order valence-corrected chi connectivity index (χ2v) is 8.91. The van der Waals surface area contributed by atoms with Gasteiger partial charge < -0.3 is 9.47 Å². The molecular formula is C20H19Cl2NO5S. The average Bonchev–Trinajstić information content (AvgIpc) is 2.72. The first kappa shape index (κ1) is 21.8. The molecule has 1 saturated heterocycles. The molecule has 0 bridgehead atoms. The van der Waals surface area contributed by atoms with E-state index in [-0.39, 0.29) is 40.2 Å². The molecule has 29 heavy (non-hydrogen) atoms. The van der Waals surface area contributed by atoms with Gasteiger partial charge in [-0.3, -0.25) is 0 Å². The zero-order valence-electron chi connectivity index (χ0n) is 15.4. The molecule has 0 aromatic heterocycles. The smallest absolute Gasteiger partial charge is 0.340 e. The van der Waals surface area contributed by atoms with Gasteiger partial charge in [0.1, 0.15) is 11.5 Å². The number of carbonyl (C=O) groups is 1. The molecule has 1 fully saturated rings. The molecule has 154 valence electrons. The van der Waals surface area contributed by atoms with Crippen molar-refractivity contribution in [2.45, 2.75) is 4.90 Å². The van der Waals surface area contributed by atoms with Crippen LogP contribution in [0.2, 0.25) is 10.0 Å². The van der Waals surface area contributed by atoms with E-state index >= 15 is 0 Å². The number of hydrogen-bond acceptors (Lipinski definition) is 5. The third-order valence-corrected chi connectivity index (χ3v) is 6.93. The molecule has 2 aromatic carbocycles. The Morgan fingerprint density at radius 3 is 2.48 bits per heavy atom. The second-order valence-electron chi connectivity index (χ2n) is 6.19. The zero-order valence-corrected chi connectivity index (χ0v) is 17.7. The molecule has 0 saturated carbocycles. The lowest BCUT2D eigenvalue weighted by Gasteiger charge is -2.26. The summed E-state index contributed by atoms with van der Waals surface area (Å²) < 4.78 is 37.4. The predicted molar refractivity (Wildman–Crippen MR) is 112 cm³/mol. The summed E-state index contributed by atoms with van der Waals surface area (Å²) >= 11 is 12.2. The Labute approximate surface area is 179 Å². The number of ether oxygens (including phenoxy) is 2. The minimum Gasteiger partial charge on any atom is -0.458 e. The van der Waals surface area contributed by atoms with Gasteiger partial charge >= 0.3 is 5.97 Å². The first-order chi connectivity index (χ1) is 13.9. The van der Waals surface area contributed by atoms with Crippen LogP contribution < -0.4 is 0 Å². The summed E-state index contributed by atoms with van der Waals surface area (Å²) in [6.45, 7) is 1.04. The lowest BCUT2D eigenvalue weighted by atomic mass is 10.2. The van der Waals surface area contributed by atoms with Gasteiger partial charge in [0.15, 0.2) is 0 Å². The monoisotopic (exact) mass is 455 g/mol. The number of nitrogens with zero attached hydrogens (tertiary/aromatic N) is 1. The molecule has 0 unspecified atom stereocenters. The summed E-state index contributed by atoms with van der Waals surface area (Å²) in [5.74, 6) is -0.734. The van der Waals surface area contributed by atoms with E-state index < -0.39 is 16.0 Å². The van der Waals surface area contributed by atoms with Crippen LogP contribution in [0.1, 0.15) is 15.9 Å². The maximum Gasteiger partial charge on any atom is 0.340 e. The van der Waals surface area contributed by atoms with Crippen molar-refractivity contribution in [2.75, 3.05) is 32.9 Å². The molecule has 1 heterocycles. The van der Waals surface area contributed by atoms with E-state index in [1.807, 2.05) is 36.4 Å². The number of benzene rings is 2. The maximum atomic E-state index is 12.9. The highest BCUT2D eigenvalue weighted by atomic mass is 35.5. The number of morpholine rings is 1. The molecule has 1 aliphatic rings. The molecular weight excluding hydrogens is 437 g/mol. The molecule has 0 N–H and O–H groups in total. The molecule has 0 atom stereocenters. The van der Waals surface area contributed by atoms with Crippen LogP contribution in [0, 0.1) is 0 Å². The van der Waals surface area contributed by atoms with Crippen LogP contribution in [-0.4, -0.2) is 51.6 Å². The van der Waals surface area contributed by atoms with Crippen molar-refractivity contribution in [1.82, 2.24) is 4.31 Å². The summed E-state index contributed by atoms with van der Waals surface area (Å²) in [5, 5.41) is -0.0324. The fourth-order valence-electron chi connectivity index (χ4n) is 2.76. The topological polar surface area (TPSA) is 72.9 Å². The van der Waals surface area contributed by atoms with Gasteiger partial charge in [0, 0.05) is 13.1 Å². The number of sulfonamides is 1. The van der Waals surface area contributed by atoms with Crippen molar-refractivity contribution in [3.8, 4) is 0 Å². The predicted octanol–water partition coefficient (Wildman–Crippen LogP) is 3.88. The fourth-order valence-corrected chi connectivity index (χ4v) is 4.99. The summed E-state index contributed by atoms with van der Waals surface area (Å²) in [5.41, 5.74) is 0.906. The molecule has 2 aromatic rings. The number of esters is 1. The van der Waals surface area contributed by atoms with Crippen LogP contribution in [0.15, 0.2) is 53.4 Å². The van der Waals surface area contributed by atoms with Crippen molar-refractivity contribution in [3.05, 3.63) is 69.7 Å². The van der Waals surface area contributed by atoms with E-state index in [9.17, 15) is 13.2 Å². The van der Waals surface area contributed by atoms with E-state index in [2.05, 4.69) is 0 Å². The highest BCUT2D eigenvalue weighted by Gasteiger charge is 2.30. The first-order valence-electron chi connectivity index (χ1n) is 8.85. The van der Waals surface area contributed by atoms with Crippen LogP contribution in [0.3, 0.4) is 0 Å². The van der Waals surface area contributed by atoms with Crippen LogP contribution in [0.4, 0.5) is 0 Å². The van der Waals surface area contributed by atoms with E-state index in [1.54, 1.807) is 6.08 Å². The number of halogens is 2. The molecule has 1 aliphatic heterocycles. The summed E-state index contributed by atoms with van der Waals surface area (Å²) in [6.07, 6.45) is 3.49. The summed E-state index contributed by atoms with van der Waals surface area (Å²) in [7, 11) is -3.89. The van der Waals surface area contributed by atoms with Gasteiger partial charge in [-0.05, 0) is 23.8 Å². The van der Waals surface area contributed by atoms with Gasteiger partial charge in [-0.1, -0.05) is 59.6 Å². The van der Waals surface area contributed by atoms with E-state index in [0.29, 0.717) is 13.2 Å². The van der Waals surface area contributed by atoms with Crippen molar-refractivity contribution < 1.29 is 22.7 Å². The van der Waals surface area contributed by atoms with Crippen molar-refractivity contribution in [3.63, 3.8) is 0 Å². The van der Waals surface area contributed by atoms with Crippen molar-refractivity contribution in [2.24, 2.45) is 0 Å². The molecule has 9 heteroatoms. The van der Waals surface area contributed by atoms with Gasteiger partial charge in [-0.15, -0.1) is 0 Å². The minimum atomic E-state index is -3.89.